The SMILES string of the molecule is Cc1cc(SC(C)C(=O)NC(C)(C)C)nc(C(C)C)n1. The maximum Gasteiger partial charge on any atom is 0.233 e. The fraction of sp³-hybridized carbons (Fsp3) is 0.667. The number of aromatic nitrogens is 2. The fourth-order valence-electron chi connectivity index (χ4n) is 1.59. The molecule has 1 aromatic rings. The van der Waals surface area contributed by atoms with Gasteiger partial charge in [-0.2, -0.15) is 0 Å². The molecule has 0 bridgehead atoms. The molecular weight excluding hydrogens is 270 g/mol. The number of nitrogens with zero attached hydrogens (tertiary/aromatic N) is 2. The van der Waals surface area contributed by atoms with Crippen LogP contribution in [-0.2, 0) is 4.79 Å². The molecule has 0 aliphatic rings. The summed E-state index contributed by atoms with van der Waals surface area (Å²) in [5.74, 6) is 1.15. The molecule has 0 aliphatic heterocycles. The van der Waals surface area contributed by atoms with Crippen LogP contribution >= 0.6 is 11.8 Å². The van der Waals surface area contributed by atoms with Crippen LogP contribution in [0.15, 0.2) is 11.1 Å². The predicted molar refractivity (Wildman–Crippen MR) is 84.1 cm³/mol. The Labute approximate surface area is 126 Å². The van der Waals surface area contributed by atoms with E-state index >= 15 is 0 Å². The minimum absolute atomic E-state index is 0.0323. The van der Waals surface area contributed by atoms with Crippen molar-refractivity contribution in [3.8, 4) is 0 Å². The Morgan fingerprint density at radius 3 is 2.35 bits per heavy atom. The molecule has 0 radical (unpaired) electrons. The van der Waals surface area contributed by atoms with E-state index in [1.54, 1.807) is 0 Å². The van der Waals surface area contributed by atoms with Gasteiger partial charge in [0.1, 0.15) is 10.9 Å². The van der Waals surface area contributed by atoms with Gasteiger partial charge in [0.05, 0.1) is 5.25 Å². The number of rotatable bonds is 4. The van der Waals surface area contributed by atoms with E-state index in [1.165, 1.54) is 11.8 Å². The minimum Gasteiger partial charge on any atom is -0.351 e. The number of hydrogen-bond acceptors (Lipinski definition) is 4. The van der Waals surface area contributed by atoms with Crippen LogP contribution in [0.2, 0.25) is 0 Å². The summed E-state index contributed by atoms with van der Waals surface area (Å²) in [5.41, 5.74) is 0.728. The van der Waals surface area contributed by atoms with Gasteiger partial charge in [0.2, 0.25) is 5.91 Å². The molecule has 5 heteroatoms. The van der Waals surface area contributed by atoms with E-state index in [9.17, 15) is 4.79 Å². The normalized spacial score (nSPS) is 13.4. The molecule has 1 aromatic heterocycles. The smallest absolute Gasteiger partial charge is 0.233 e. The topological polar surface area (TPSA) is 54.9 Å². The van der Waals surface area contributed by atoms with Gasteiger partial charge in [0, 0.05) is 17.2 Å². The van der Waals surface area contributed by atoms with Crippen molar-refractivity contribution in [1.82, 2.24) is 15.3 Å². The van der Waals surface area contributed by atoms with Gasteiger partial charge in [-0.25, -0.2) is 9.97 Å². The van der Waals surface area contributed by atoms with Gasteiger partial charge < -0.3 is 5.32 Å². The third-order valence-electron chi connectivity index (χ3n) is 2.53. The molecule has 1 amide bonds. The van der Waals surface area contributed by atoms with E-state index in [0.29, 0.717) is 0 Å². The number of nitrogens with one attached hydrogen (secondary N) is 1. The first-order valence-electron chi connectivity index (χ1n) is 6.93. The summed E-state index contributed by atoms with van der Waals surface area (Å²) in [4.78, 5) is 21.0. The molecule has 1 heterocycles. The summed E-state index contributed by atoms with van der Waals surface area (Å²) >= 11 is 1.47. The van der Waals surface area contributed by atoms with Crippen LogP contribution in [0.25, 0.3) is 0 Å². The summed E-state index contributed by atoms with van der Waals surface area (Å²) in [6.45, 7) is 13.9. The minimum atomic E-state index is -0.212. The highest BCUT2D eigenvalue weighted by Gasteiger charge is 2.21. The Hall–Kier alpha value is -1.10. The Kier molecular flexibility index (Phi) is 5.57. The van der Waals surface area contributed by atoms with Crippen LogP contribution in [0.4, 0.5) is 0 Å². The van der Waals surface area contributed by atoms with Crippen LogP contribution in [0.3, 0.4) is 0 Å². The van der Waals surface area contributed by atoms with Crippen molar-refractivity contribution in [3.63, 3.8) is 0 Å². The molecule has 1 rings (SSSR count). The molecule has 1 N–H and O–H groups in total. The molecule has 1 unspecified atom stereocenters. The summed E-state index contributed by atoms with van der Waals surface area (Å²) in [5, 5.41) is 3.67. The first kappa shape index (κ1) is 17.0. The molecule has 1 atom stereocenters. The largest absolute Gasteiger partial charge is 0.351 e. The molecule has 20 heavy (non-hydrogen) atoms. The highest BCUT2D eigenvalue weighted by Crippen LogP contribution is 2.24. The van der Waals surface area contributed by atoms with Crippen LogP contribution in [-0.4, -0.2) is 26.7 Å². The van der Waals surface area contributed by atoms with Crippen LogP contribution in [0.5, 0.6) is 0 Å². The lowest BCUT2D eigenvalue weighted by molar-refractivity contribution is -0.121. The lowest BCUT2D eigenvalue weighted by Gasteiger charge is -2.23. The van der Waals surface area contributed by atoms with E-state index in [4.69, 9.17) is 0 Å². The van der Waals surface area contributed by atoms with Gasteiger partial charge >= 0.3 is 0 Å². The molecule has 0 aliphatic carbocycles. The Morgan fingerprint density at radius 2 is 1.85 bits per heavy atom. The first-order chi connectivity index (χ1) is 9.08. The van der Waals surface area contributed by atoms with Crippen molar-refractivity contribution < 1.29 is 4.79 Å². The van der Waals surface area contributed by atoms with E-state index in [2.05, 4.69) is 29.1 Å². The average Bonchev–Trinajstić information content (AvgIpc) is 2.25. The Morgan fingerprint density at radius 1 is 1.25 bits per heavy atom. The first-order valence-corrected chi connectivity index (χ1v) is 7.80. The van der Waals surface area contributed by atoms with Gasteiger partial charge in [0.25, 0.3) is 0 Å². The van der Waals surface area contributed by atoms with Crippen molar-refractivity contribution in [1.29, 1.82) is 0 Å². The van der Waals surface area contributed by atoms with Crippen molar-refractivity contribution in [2.45, 2.75) is 70.2 Å². The molecule has 0 spiro atoms. The molecule has 4 nitrogen and oxygen atoms in total. The summed E-state index contributed by atoms with van der Waals surface area (Å²) < 4.78 is 0. The molecule has 112 valence electrons. The molecule has 0 aromatic carbocycles. The third-order valence-corrected chi connectivity index (χ3v) is 3.55. The predicted octanol–water partition coefficient (Wildman–Crippen LogP) is 3.30. The Balaban J connectivity index is 2.80. The third kappa shape index (κ3) is 5.49. The monoisotopic (exact) mass is 295 g/mol. The van der Waals surface area contributed by atoms with E-state index in [-0.39, 0.29) is 22.6 Å². The van der Waals surface area contributed by atoms with Gasteiger partial charge in [-0.05, 0) is 40.7 Å². The van der Waals surface area contributed by atoms with Crippen molar-refractivity contribution in [2.75, 3.05) is 0 Å². The maximum atomic E-state index is 12.1. The Bertz CT molecular complexity index is 480. The zero-order chi connectivity index (χ0) is 15.5. The summed E-state index contributed by atoms with van der Waals surface area (Å²) in [7, 11) is 0. The quantitative estimate of drug-likeness (QED) is 0.684. The van der Waals surface area contributed by atoms with Gasteiger partial charge in [0.15, 0.2) is 0 Å². The molecule has 0 saturated heterocycles. The van der Waals surface area contributed by atoms with Crippen molar-refractivity contribution in [2.24, 2.45) is 0 Å². The van der Waals surface area contributed by atoms with Gasteiger partial charge in [-0.1, -0.05) is 25.6 Å². The highest BCUT2D eigenvalue weighted by atomic mass is 32.2. The zero-order valence-corrected chi connectivity index (χ0v) is 14.3. The average molecular weight is 295 g/mol. The summed E-state index contributed by atoms with van der Waals surface area (Å²) in [6, 6.07) is 1.93. The van der Waals surface area contributed by atoms with Gasteiger partial charge in [-0.3, -0.25) is 4.79 Å². The fourth-order valence-corrected chi connectivity index (χ4v) is 2.50. The second-order valence-corrected chi connectivity index (χ2v) is 7.72. The molecular formula is C15H25N3OS. The van der Waals surface area contributed by atoms with E-state index in [1.807, 2.05) is 40.7 Å². The number of thioether (sulfide) groups is 1. The van der Waals surface area contributed by atoms with E-state index in [0.717, 1.165) is 16.5 Å². The van der Waals surface area contributed by atoms with Crippen molar-refractivity contribution >= 4 is 17.7 Å². The van der Waals surface area contributed by atoms with E-state index < -0.39 is 0 Å². The molecule has 0 fully saturated rings. The van der Waals surface area contributed by atoms with Crippen LogP contribution < -0.4 is 5.32 Å². The number of carbonyl (C=O) groups excluding carboxylic acids is 1. The lowest BCUT2D eigenvalue weighted by atomic mass is 10.1. The van der Waals surface area contributed by atoms with Gasteiger partial charge in [-0.15, -0.1) is 0 Å². The number of aryl methyl sites for hydroxylation is 1. The maximum absolute atomic E-state index is 12.1. The van der Waals surface area contributed by atoms with Crippen LogP contribution in [0, 0.1) is 6.92 Å². The molecule has 0 saturated carbocycles. The zero-order valence-electron chi connectivity index (χ0n) is 13.4. The van der Waals surface area contributed by atoms with Crippen molar-refractivity contribution in [3.05, 3.63) is 17.6 Å². The number of amides is 1. The van der Waals surface area contributed by atoms with Crippen LogP contribution in [0.1, 0.15) is 59.0 Å². The second-order valence-electron chi connectivity index (χ2n) is 6.36. The second kappa shape index (κ2) is 6.57. The number of carbonyl (C=O) groups is 1. The lowest BCUT2D eigenvalue weighted by Crippen LogP contribution is -2.44. The highest BCUT2D eigenvalue weighted by molar-refractivity contribution is 8.00. The summed E-state index contributed by atoms with van der Waals surface area (Å²) in [6.07, 6.45) is 0. The number of hydrogen-bond donors (Lipinski definition) is 1. The standard InChI is InChI=1S/C15H25N3OS/c1-9(2)13-16-10(3)8-12(17-13)20-11(4)14(19)18-15(5,6)7/h8-9,11H,1-7H3,(H,18,19).